The summed E-state index contributed by atoms with van der Waals surface area (Å²) >= 11 is 0. The fourth-order valence-electron chi connectivity index (χ4n) is 4.28. The summed E-state index contributed by atoms with van der Waals surface area (Å²) in [4.78, 5) is 29.1. The van der Waals surface area contributed by atoms with Gasteiger partial charge in [0.15, 0.2) is 6.10 Å². The van der Waals surface area contributed by atoms with Crippen molar-refractivity contribution in [1.29, 1.82) is 0 Å². The normalized spacial score (nSPS) is 15.1. The summed E-state index contributed by atoms with van der Waals surface area (Å²) in [6, 6.07) is 19.0. The monoisotopic (exact) mass is 446 g/mol. The van der Waals surface area contributed by atoms with Gasteiger partial charge in [0.05, 0.1) is 5.39 Å². The molecule has 1 aliphatic heterocycles. The number of piperazine rings is 1. The quantitative estimate of drug-likeness (QED) is 0.347. The van der Waals surface area contributed by atoms with Crippen molar-refractivity contribution in [2.45, 2.75) is 13.0 Å². The van der Waals surface area contributed by atoms with Crippen molar-refractivity contribution in [2.75, 3.05) is 31.1 Å². The lowest BCUT2D eigenvalue weighted by molar-refractivity contribution is -0.138. The Balaban J connectivity index is 1.27. The van der Waals surface area contributed by atoms with E-state index in [9.17, 15) is 14.0 Å². The van der Waals surface area contributed by atoms with Crippen LogP contribution in [0.4, 0.5) is 10.1 Å². The molecule has 168 valence electrons. The Morgan fingerprint density at radius 3 is 2.36 bits per heavy atom. The minimum absolute atomic E-state index is 0.103. The Kier molecular flexibility index (Phi) is 5.46. The van der Waals surface area contributed by atoms with Gasteiger partial charge in [-0.15, -0.1) is 0 Å². The summed E-state index contributed by atoms with van der Waals surface area (Å²) in [5.41, 5.74) is 0.958. The molecule has 2 heterocycles. The van der Waals surface area contributed by atoms with Crippen molar-refractivity contribution in [3.63, 3.8) is 0 Å². The second-order valence-corrected chi connectivity index (χ2v) is 8.14. The largest absolute Gasteiger partial charge is 0.481 e. The molecule has 1 saturated heterocycles. The van der Waals surface area contributed by atoms with Gasteiger partial charge in [0.2, 0.25) is 0 Å². The molecule has 33 heavy (non-hydrogen) atoms. The van der Waals surface area contributed by atoms with Gasteiger partial charge in [-0.25, -0.2) is 9.18 Å². The standard InChI is InChI=1S/C26H23FN2O4/c1-17(25(30)29-14-12-28(13-15-29)19-8-6-18(27)7-9-19)32-20-10-11-22-21-4-2-3-5-23(21)26(31)33-24(22)16-20/h2-11,16-17H,12-15H2,1H3/t17-/m0/s1. The van der Waals surface area contributed by atoms with Crippen LogP contribution in [0.1, 0.15) is 6.92 Å². The fourth-order valence-corrected chi connectivity index (χ4v) is 4.28. The number of anilines is 1. The number of nitrogens with zero attached hydrogens (tertiary/aromatic N) is 2. The number of hydrogen-bond donors (Lipinski definition) is 0. The average molecular weight is 446 g/mol. The number of benzene rings is 3. The molecule has 0 radical (unpaired) electrons. The average Bonchev–Trinajstić information content (AvgIpc) is 2.84. The summed E-state index contributed by atoms with van der Waals surface area (Å²) in [6.07, 6.45) is -0.688. The van der Waals surface area contributed by atoms with E-state index >= 15 is 0 Å². The Morgan fingerprint density at radius 1 is 0.939 bits per heavy atom. The van der Waals surface area contributed by atoms with Gasteiger partial charge in [-0.05, 0) is 54.8 Å². The van der Waals surface area contributed by atoms with Gasteiger partial charge in [-0.2, -0.15) is 0 Å². The molecular formula is C26H23FN2O4. The highest BCUT2D eigenvalue weighted by atomic mass is 19.1. The predicted molar refractivity (Wildman–Crippen MR) is 125 cm³/mol. The van der Waals surface area contributed by atoms with E-state index in [4.69, 9.17) is 9.15 Å². The highest BCUT2D eigenvalue weighted by Crippen LogP contribution is 2.27. The van der Waals surface area contributed by atoms with Gasteiger partial charge in [0.25, 0.3) is 5.91 Å². The Bertz CT molecular complexity index is 1370. The molecule has 1 atom stereocenters. The predicted octanol–water partition coefficient (Wildman–Crippen LogP) is 4.20. The number of amides is 1. The molecule has 0 N–H and O–H groups in total. The van der Waals surface area contributed by atoms with Crippen LogP contribution in [0.25, 0.3) is 21.7 Å². The molecule has 0 bridgehead atoms. The van der Waals surface area contributed by atoms with Crippen LogP contribution >= 0.6 is 0 Å². The number of hydrogen-bond acceptors (Lipinski definition) is 5. The molecule has 0 unspecified atom stereocenters. The Hall–Kier alpha value is -3.87. The number of halogens is 1. The van der Waals surface area contributed by atoms with Crippen LogP contribution in [0.2, 0.25) is 0 Å². The first-order valence-corrected chi connectivity index (χ1v) is 10.9. The molecule has 1 aliphatic rings. The highest BCUT2D eigenvalue weighted by Gasteiger charge is 2.26. The van der Waals surface area contributed by atoms with Crippen LogP contribution in [-0.2, 0) is 4.79 Å². The van der Waals surface area contributed by atoms with Crippen molar-refractivity contribution >= 4 is 33.3 Å². The summed E-state index contributed by atoms with van der Waals surface area (Å²) in [5.74, 6) is 0.0974. The number of rotatable bonds is 4. The van der Waals surface area contributed by atoms with Crippen LogP contribution in [0.3, 0.4) is 0 Å². The van der Waals surface area contributed by atoms with Crippen molar-refractivity contribution in [3.05, 3.63) is 83.0 Å². The molecule has 3 aromatic carbocycles. The minimum Gasteiger partial charge on any atom is -0.481 e. The molecule has 0 spiro atoms. The maximum atomic E-state index is 13.2. The lowest BCUT2D eigenvalue weighted by Crippen LogP contribution is -2.52. The molecule has 1 amide bonds. The Morgan fingerprint density at radius 2 is 1.64 bits per heavy atom. The molecule has 1 aromatic heterocycles. The van der Waals surface area contributed by atoms with Gasteiger partial charge in [0, 0.05) is 43.3 Å². The first kappa shape index (κ1) is 21.0. The smallest absolute Gasteiger partial charge is 0.344 e. The molecule has 0 saturated carbocycles. The summed E-state index contributed by atoms with van der Waals surface area (Å²) in [7, 11) is 0. The zero-order valence-electron chi connectivity index (χ0n) is 18.2. The second kappa shape index (κ2) is 8.58. The summed E-state index contributed by atoms with van der Waals surface area (Å²) < 4.78 is 24.5. The SMILES string of the molecule is C[C@H](Oc1ccc2c(c1)oc(=O)c1ccccc12)C(=O)N1CCN(c2ccc(F)cc2)CC1. The van der Waals surface area contributed by atoms with E-state index in [-0.39, 0.29) is 11.7 Å². The van der Waals surface area contributed by atoms with Crippen molar-refractivity contribution in [3.8, 4) is 5.75 Å². The van der Waals surface area contributed by atoms with Crippen molar-refractivity contribution < 1.29 is 18.3 Å². The van der Waals surface area contributed by atoms with Crippen LogP contribution in [0.5, 0.6) is 5.75 Å². The molecule has 7 heteroatoms. The van der Waals surface area contributed by atoms with Gasteiger partial charge in [0.1, 0.15) is 17.1 Å². The van der Waals surface area contributed by atoms with E-state index in [0.29, 0.717) is 42.9 Å². The van der Waals surface area contributed by atoms with Gasteiger partial charge < -0.3 is 19.0 Å². The lowest BCUT2D eigenvalue weighted by Gasteiger charge is -2.37. The third-order valence-corrected chi connectivity index (χ3v) is 6.04. The molecule has 4 aromatic rings. The first-order valence-electron chi connectivity index (χ1n) is 10.9. The summed E-state index contributed by atoms with van der Waals surface area (Å²) in [6.45, 7) is 4.16. The Labute approximate surface area is 189 Å². The van der Waals surface area contributed by atoms with Crippen LogP contribution in [-0.4, -0.2) is 43.1 Å². The van der Waals surface area contributed by atoms with E-state index in [1.807, 2.05) is 18.2 Å². The van der Waals surface area contributed by atoms with E-state index in [1.165, 1.54) is 12.1 Å². The number of fused-ring (bicyclic) bond motifs is 3. The number of carbonyl (C=O) groups excluding carboxylic acids is 1. The van der Waals surface area contributed by atoms with Crippen LogP contribution in [0.15, 0.2) is 75.9 Å². The topological polar surface area (TPSA) is 63.0 Å². The maximum absolute atomic E-state index is 13.2. The molecule has 0 aliphatic carbocycles. The van der Waals surface area contributed by atoms with E-state index < -0.39 is 11.7 Å². The third-order valence-electron chi connectivity index (χ3n) is 6.04. The first-order chi connectivity index (χ1) is 16.0. The summed E-state index contributed by atoms with van der Waals surface area (Å²) in [5, 5.41) is 2.16. The van der Waals surface area contributed by atoms with Crippen LogP contribution in [0, 0.1) is 5.82 Å². The van der Waals surface area contributed by atoms with Gasteiger partial charge >= 0.3 is 5.63 Å². The zero-order valence-corrected chi connectivity index (χ0v) is 18.2. The van der Waals surface area contributed by atoms with Gasteiger partial charge in [-0.3, -0.25) is 4.79 Å². The van der Waals surface area contributed by atoms with Crippen molar-refractivity contribution in [2.24, 2.45) is 0 Å². The number of carbonyl (C=O) groups is 1. The molecule has 1 fully saturated rings. The van der Waals surface area contributed by atoms with Gasteiger partial charge in [-0.1, -0.05) is 18.2 Å². The minimum atomic E-state index is -0.688. The van der Waals surface area contributed by atoms with E-state index in [0.717, 1.165) is 16.5 Å². The van der Waals surface area contributed by atoms with E-state index in [2.05, 4.69) is 4.90 Å². The lowest BCUT2D eigenvalue weighted by atomic mass is 10.1. The molecule has 6 nitrogen and oxygen atoms in total. The highest BCUT2D eigenvalue weighted by molar-refractivity contribution is 6.04. The van der Waals surface area contributed by atoms with E-state index in [1.54, 1.807) is 48.2 Å². The third kappa shape index (κ3) is 4.14. The molecular weight excluding hydrogens is 423 g/mol. The number of ether oxygens (including phenoxy) is 1. The molecule has 5 rings (SSSR count). The fraction of sp³-hybridized carbons (Fsp3) is 0.231. The second-order valence-electron chi connectivity index (χ2n) is 8.14. The maximum Gasteiger partial charge on any atom is 0.344 e. The van der Waals surface area contributed by atoms with Crippen molar-refractivity contribution in [1.82, 2.24) is 4.90 Å². The van der Waals surface area contributed by atoms with Crippen LogP contribution < -0.4 is 15.3 Å². The zero-order chi connectivity index (χ0) is 22.9.